The summed E-state index contributed by atoms with van der Waals surface area (Å²) in [6.45, 7) is 2.27. The summed E-state index contributed by atoms with van der Waals surface area (Å²) in [5, 5.41) is 4.95. The molecule has 0 spiro atoms. The highest BCUT2D eigenvalue weighted by Gasteiger charge is 2.26. The molecular weight excluding hydrogens is 358 g/mol. The zero-order valence-electron chi connectivity index (χ0n) is 15.8. The molecule has 0 bridgehead atoms. The number of piperidine rings is 1. The van der Waals surface area contributed by atoms with Gasteiger partial charge in [-0.3, -0.25) is 9.78 Å². The van der Waals surface area contributed by atoms with E-state index in [2.05, 4.69) is 10.1 Å². The van der Waals surface area contributed by atoms with Crippen molar-refractivity contribution in [3.8, 4) is 5.75 Å². The molecule has 1 aliphatic rings. The number of ether oxygens (including phenoxy) is 2. The van der Waals surface area contributed by atoms with Crippen LogP contribution in [0, 0.1) is 5.92 Å². The van der Waals surface area contributed by atoms with Gasteiger partial charge in [-0.2, -0.15) is 0 Å². The quantitative estimate of drug-likeness (QED) is 0.652. The normalized spacial score (nSPS) is 17.0. The molecule has 4 rings (SSSR count). The number of carbonyl (C=O) groups is 1. The van der Waals surface area contributed by atoms with Crippen molar-refractivity contribution in [2.75, 3.05) is 26.8 Å². The van der Waals surface area contributed by atoms with Crippen LogP contribution < -0.4 is 4.74 Å². The van der Waals surface area contributed by atoms with Gasteiger partial charge in [0, 0.05) is 37.8 Å². The van der Waals surface area contributed by atoms with Crippen molar-refractivity contribution in [2.45, 2.75) is 19.4 Å². The minimum atomic E-state index is -0.109. The first kappa shape index (κ1) is 18.4. The van der Waals surface area contributed by atoms with E-state index >= 15 is 0 Å². The van der Waals surface area contributed by atoms with E-state index in [0.717, 1.165) is 30.3 Å². The van der Waals surface area contributed by atoms with Crippen LogP contribution in [-0.2, 0) is 11.3 Å². The van der Waals surface area contributed by atoms with Crippen molar-refractivity contribution in [3.63, 3.8) is 0 Å². The second-order valence-corrected chi connectivity index (χ2v) is 7.01. The number of carbonyl (C=O) groups excluding carboxylic acids is 1. The highest BCUT2D eigenvalue weighted by atomic mass is 16.5. The van der Waals surface area contributed by atoms with Gasteiger partial charge >= 0.3 is 0 Å². The number of amides is 1. The van der Waals surface area contributed by atoms with Gasteiger partial charge in [-0.05, 0) is 30.9 Å². The number of para-hydroxylation sites is 1. The molecule has 1 aliphatic heterocycles. The van der Waals surface area contributed by atoms with E-state index in [9.17, 15) is 4.79 Å². The van der Waals surface area contributed by atoms with E-state index in [1.807, 2.05) is 35.2 Å². The minimum absolute atomic E-state index is 0.109. The molecule has 1 aromatic carbocycles. The molecule has 0 N–H and O–H groups in total. The van der Waals surface area contributed by atoms with E-state index in [1.54, 1.807) is 19.4 Å². The SMILES string of the molecule is COC[C@@H]1CCCN(C(=O)c2cc(COc3cccc4cccnc34)on2)C1. The van der Waals surface area contributed by atoms with Crippen molar-refractivity contribution < 1.29 is 18.8 Å². The molecule has 1 fully saturated rings. The molecule has 2 aromatic heterocycles. The molecule has 7 nitrogen and oxygen atoms in total. The topological polar surface area (TPSA) is 77.7 Å². The van der Waals surface area contributed by atoms with Crippen molar-refractivity contribution in [1.29, 1.82) is 0 Å². The lowest BCUT2D eigenvalue weighted by Crippen LogP contribution is -2.41. The van der Waals surface area contributed by atoms with Crippen LogP contribution in [0.15, 0.2) is 47.1 Å². The Kier molecular flexibility index (Phi) is 5.53. The second kappa shape index (κ2) is 8.39. The molecule has 0 aliphatic carbocycles. The summed E-state index contributed by atoms with van der Waals surface area (Å²) in [7, 11) is 1.69. The highest BCUT2D eigenvalue weighted by Crippen LogP contribution is 2.24. The Hall–Kier alpha value is -2.93. The lowest BCUT2D eigenvalue weighted by molar-refractivity contribution is 0.0561. The first-order chi connectivity index (χ1) is 13.7. The minimum Gasteiger partial charge on any atom is -0.483 e. The largest absolute Gasteiger partial charge is 0.483 e. The number of hydrogen-bond acceptors (Lipinski definition) is 6. The maximum Gasteiger partial charge on any atom is 0.276 e. The van der Waals surface area contributed by atoms with E-state index in [4.69, 9.17) is 14.0 Å². The molecule has 1 atom stereocenters. The van der Waals surface area contributed by atoms with Crippen molar-refractivity contribution in [3.05, 3.63) is 54.0 Å². The van der Waals surface area contributed by atoms with Crippen molar-refractivity contribution in [1.82, 2.24) is 15.0 Å². The fourth-order valence-electron chi connectivity index (χ4n) is 3.61. The lowest BCUT2D eigenvalue weighted by Gasteiger charge is -2.31. The molecule has 1 saturated heterocycles. The second-order valence-electron chi connectivity index (χ2n) is 7.01. The zero-order chi connectivity index (χ0) is 19.3. The van der Waals surface area contributed by atoms with Crippen LogP contribution in [0.5, 0.6) is 5.75 Å². The van der Waals surface area contributed by atoms with Gasteiger partial charge < -0.3 is 18.9 Å². The number of rotatable bonds is 6. The Labute approximate surface area is 163 Å². The third-order valence-corrected chi connectivity index (χ3v) is 4.95. The van der Waals surface area contributed by atoms with Gasteiger partial charge in [-0.15, -0.1) is 0 Å². The molecule has 0 unspecified atom stereocenters. The Morgan fingerprint density at radius 2 is 2.21 bits per heavy atom. The summed E-state index contributed by atoms with van der Waals surface area (Å²) in [6.07, 6.45) is 3.78. The number of pyridine rings is 1. The number of aromatic nitrogens is 2. The number of fused-ring (bicyclic) bond motifs is 1. The zero-order valence-corrected chi connectivity index (χ0v) is 15.8. The number of likely N-dealkylation sites (tertiary alicyclic amines) is 1. The van der Waals surface area contributed by atoms with Crippen LogP contribution in [0.3, 0.4) is 0 Å². The highest BCUT2D eigenvalue weighted by molar-refractivity contribution is 5.92. The molecule has 1 amide bonds. The maximum atomic E-state index is 12.7. The number of benzene rings is 1. The number of nitrogens with zero attached hydrogens (tertiary/aromatic N) is 3. The summed E-state index contributed by atoms with van der Waals surface area (Å²) in [5.74, 6) is 1.43. The Bertz CT molecular complexity index is 948. The van der Waals surface area contributed by atoms with Gasteiger partial charge in [-0.1, -0.05) is 23.4 Å². The molecule has 28 heavy (non-hydrogen) atoms. The Morgan fingerprint density at radius 1 is 1.32 bits per heavy atom. The number of hydrogen-bond donors (Lipinski definition) is 0. The fraction of sp³-hybridized carbons (Fsp3) is 0.381. The van der Waals surface area contributed by atoms with Gasteiger partial charge in [0.1, 0.15) is 17.9 Å². The smallest absolute Gasteiger partial charge is 0.276 e. The lowest BCUT2D eigenvalue weighted by atomic mass is 9.99. The average molecular weight is 381 g/mol. The molecule has 3 aromatic rings. The van der Waals surface area contributed by atoms with Gasteiger partial charge in [0.25, 0.3) is 5.91 Å². The molecule has 0 radical (unpaired) electrons. The van der Waals surface area contributed by atoms with E-state index < -0.39 is 0 Å². The van der Waals surface area contributed by atoms with Crippen LogP contribution in [0.2, 0.25) is 0 Å². The molecule has 3 heterocycles. The summed E-state index contributed by atoms with van der Waals surface area (Å²) < 4.78 is 16.4. The van der Waals surface area contributed by atoms with Crippen LogP contribution in [0.4, 0.5) is 0 Å². The third kappa shape index (κ3) is 3.99. The summed E-state index contributed by atoms with van der Waals surface area (Å²) >= 11 is 0. The van der Waals surface area contributed by atoms with Crippen molar-refractivity contribution in [2.24, 2.45) is 5.92 Å². The van der Waals surface area contributed by atoms with Gasteiger partial charge in [0.05, 0.1) is 6.61 Å². The average Bonchev–Trinajstić information content (AvgIpc) is 3.21. The molecule has 7 heteroatoms. The van der Waals surface area contributed by atoms with E-state index in [-0.39, 0.29) is 12.5 Å². The number of methoxy groups -OCH3 is 1. The predicted octanol–water partition coefficient (Wildman–Crippen LogP) is 3.30. The van der Waals surface area contributed by atoms with Crippen LogP contribution in [0.1, 0.15) is 29.1 Å². The van der Waals surface area contributed by atoms with Crippen LogP contribution in [0.25, 0.3) is 10.9 Å². The Morgan fingerprint density at radius 3 is 3.11 bits per heavy atom. The third-order valence-electron chi connectivity index (χ3n) is 4.95. The standard InChI is InChI=1S/C21H23N3O4/c1-26-13-15-5-4-10-24(12-15)21(25)18-11-17(28-23-18)14-27-19-8-2-6-16-7-3-9-22-20(16)19/h2-3,6-9,11,15H,4-5,10,12-14H2,1H3/t15-/m1/s1. The monoisotopic (exact) mass is 381 g/mol. The first-order valence-electron chi connectivity index (χ1n) is 9.45. The van der Waals surface area contributed by atoms with Crippen LogP contribution in [-0.4, -0.2) is 47.8 Å². The van der Waals surface area contributed by atoms with Gasteiger partial charge in [-0.25, -0.2) is 0 Å². The first-order valence-corrected chi connectivity index (χ1v) is 9.45. The fourth-order valence-corrected chi connectivity index (χ4v) is 3.61. The molecule has 146 valence electrons. The van der Waals surface area contributed by atoms with E-state index in [1.165, 1.54) is 0 Å². The molecular formula is C21H23N3O4. The van der Waals surface area contributed by atoms with Gasteiger partial charge in [0.2, 0.25) is 0 Å². The van der Waals surface area contributed by atoms with Crippen molar-refractivity contribution >= 4 is 16.8 Å². The van der Waals surface area contributed by atoms with Gasteiger partial charge in [0.15, 0.2) is 11.5 Å². The van der Waals surface area contributed by atoms with E-state index in [0.29, 0.717) is 36.3 Å². The Balaban J connectivity index is 1.41. The molecule has 0 saturated carbocycles. The summed E-state index contributed by atoms with van der Waals surface area (Å²) in [6, 6.07) is 11.3. The predicted molar refractivity (Wildman–Crippen MR) is 103 cm³/mol. The summed E-state index contributed by atoms with van der Waals surface area (Å²) in [4.78, 5) is 18.9. The summed E-state index contributed by atoms with van der Waals surface area (Å²) in [5.41, 5.74) is 1.10. The van der Waals surface area contributed by atoms with Crippen LogP contribution >= 0.6 is 0 Å². The maximum absolute atomic E-state index is 12.7.